The van der Waals surface area contributed by atoms with E-state index in [2.05, 4.69) is 11.9 Å². The Hall–Kier alpha value is -2.16. The molecule has 30 heavy (non-hydrogen) atoms. The predicted molar refractivity (Wildman–Crippen MR) is 121 cm³/mol. The van der Waals surface area contributed by atoms with E-state index in [0.717, 1.165) is 0 Å². The highest BCUT2D eigenvalue weighted by Gasteiger charge is 2.33. The van der Waals surface area contributed by atoms with Crippen molar-refractivity contribution in [2.45, 2.75) is 72.6 Å². The normalized spacial score (nSPS) is 13.4. The van der Waals surface area contributed by atoms with Gasteiger partial charge in [-0.3, -0.25) is 9.69 Å². The molecule has 1 unspecified atom stereocenters. The van der Waals surface area contributed by atoms with Crippen molar-refractivity contribution in [3.8, 4) is 0 Å². The first-order chi connectivity index (χ1) is 13.7. The van der Waals surface area contributed by atoms with Crippen LogP contribution in [-0.4, -0.2) is 58.7 Å². The molecule has 0 spiro atoms. The first kappa shape index (κ1) is 27.8. The molecule has 0 fully saturated rings. The van der Waals surface area contributed by atoms with Crippen LogP contribution in [0.25, 0.3) is 0 Å². The van der Waals surface area contributed by atoms with Gasteiger partial charge in [0.1, 0.15) is 24.8 Å². The molecule has 0 radical (unpaired) electrons. The minimum Gasteiger partial charge on any atom is -0.458 e. The Morgan fingerprint density at radius 3 is 2.17 bits per heavy atom. The zero-order valence-corrected chi connectivity index (χ0v) is 20.0. The molecule has 2 atom stereocenters. The minimum absolute atomic E-state index is 0.0186. The summed E-state index contributed by atoms with van der Waals surface area (Å²) in [5.74, 6) is -1.13. The van der Waals surface area contributed by atoms with Gasteiger partial charge in [-0.1, -0.05) is 52.6 Å². The molecule has 0 saturated carbocycles. The maximum atomic E-state index is 12.8. The first-order valence-corrected chi connectivity index (χ1v) is 10.5. The molecular weight excluding hydrogens is 406 g/mol. The number of nitrogens with zero attached hydrogens (tertiary/aromatic N) is 1. The van der Waals surface area contributed by atoms with Crippen LogP contribution >= 0.6 is 12.2 Å². The van der Waals surface area contributed by atoms with Crippen LogP contribution in [0.3, 0.4) is 0 Å². The quantitative estimate of drug-likeness (QED) is 0.287. The van der Waals surface area contributed by atoms with Crippen LogP contribution in [0.15, 0.2) is 12.7 Å². The average Bonchev–Trinajstić information content (AvgIpc) is 2.58. The summed E-state index contributed by atoms with van der Waals surface area (Å²) in [6.45, 7) is 15.9. The van der Waals surface area contributed by atoms with E-state index < -0.39 is 35.7 Å². The summed E-state index contributed by atoms with van der Waals surface area (Å²) in [5, 5.41) is 2.66. The summed E-state index contributed by atoms with van der Waals surface area (Å²) in [4.78, 5) is 39.1. The molecule has 172 valence electrons. The first-order valence-electron chi connectivity index (χ1n) is 10.0. The van der Waals surface area contributed by atoms with Gasteiger partial charge in [0.2, 0.25) is 5.91 Å². The van der Waals surface area contributed by atoms with Crippen molar-refractivity contribution in [3.63, 3.8) is 0 Å². The molecular formula is C21H37N3O5S. The second-order valence-electron chi connectivity index (χ2n) is 8.86. The van der Waals surface area contributed by atoms with Gasteiger partial charge in [0.15, 0.2) is 0 Å². The molecule has 0 heterocycles. The number of hydrogen-bond donors (Lipinski definition) is 2. The summed E-state index contributed by atoms with van der Waals surface area (Å²) < 4.78 is 10.5. The number of carbonyl (C=O) groups is 3. The van der Waals surface area contributed by atoms with Crippen molar-refractivity contribution in [2.24, 2.45) is 17.6 Å². The van der Waals surface area contributed by atoms with Gasteiger partial charge in [-0.05, 0) is 39.0 Å². The highest BCUT2D eigenvalue weighted by atomic mass is 32.1. The number of hydrogen-bond acceptors (Lipinski definition) is 6. The fourth-order valence-electron chi connectivity index (χ4n) is 2.60. The van der Waals surface area contributed by atoms with Gasteiger partial charge < -0.3 is 20.5 Å². The van der Waals surface area contributed by atoms with Gasteiger partial charge in [-0.2, -0.15) is 0 Å². The van der Waals surface area contributed by atoms with Gasteiger partial charge in [-0.25, -0.2) is 9.59 Å². The predicted octanol–water partition coefficient (Wildman–Crippen LogP) is 2.79. The standard InChI is InChI=1S/C21H37N3O5S/c1-9-10-28-20(27)24(15(18(22)30)11-13(2)3)12-16(25)23-17(14(4)5)19(26)29-21(6,7)8/h9,13-15,17H,1,10-12H2,2-8H3,(H2,22,30)(H,23,25)/t15?,17-/m0/s1. The number of esters is 1. The fraction of sp³-hybridized carbons (Fsp3) is 0.714. The van der Waals surface area contributed by atoms with Crippen molar-refractivity contribution in [1.29, 1.82) is 0 Å². The average molecular weight is 444 g/mol. The molecule has 8 nitrogen and oxygen atoms in total. The maximum Gasteiger partial charge on any atom is 0.411 e. The lowest BCUT2D eigenvalue weighted by atomic mass is 10.0. The third kappa shape index (κ3) is 10.6. The number of nitrogens with one attached hydrogen (secondary N) is 1. The van der Waals surface area contributed by atoms with Crippen LogP contribution in [0, 0.1) is 11.8 Å². The van der Waals surface area contributed by atoms with Crippen LogP contribution in [0.4, 0.5) is 4.79 Å². The Morgan fingerprint density at radius 2 is 1.77 bits per heavy atom. The summed E-state index contributed by atoms with van der Waals surface area (Å²) in [7, 11) is 0. The number of rotatable bonds is 11. The molecule has 2 amide bonds. The molecule has 0 aromatic heterocycles. The number of nitrogens with two attached hydrogens (primary N) is 1. The molecule has 0 saturated heterocycles. The van der Waals surface area contributed by atoms with Crippen molar-refractivity contribution in [1.82, 2.24) is 10.2 Å². The van der Waals surface area contributed by atoms with E-state index in [-0.39, 0.29) is 30.0 Å². The molecule has 0 bridgehead atoms. The van der Waals surface area contributed by atoms with E-state index in [1.54, 1.807) is 34.6 Å². The maximum absolute atomic E-state index is 12.8. The van der Waals surface area contributed by atoms with E-state index in [9.17, 15) is 14.4 Å². The smallest absolute Gasteiger partial charge is 0.411 e. The number of ether oxygens (including phenoxy) is 2. The van der Waals surface area contributed by atoms with E-state index in [4.69, 9.17) is 27.4 Å². The lowest BCUT2D eigenvalue weighted by Crippen LogP contribution is -2.54. The summed E-state index contributed by atoms with van der Waals surface area (Å²) in [6.07, 6.45) is 1.15. The van der Waals surface area contributed by atoms with Crippen LogP contribution in [0.2, 0.25) is 0 Å². The molecule has 0 aliphatic carbocycles. The van der Waals surface area contributed by atoms with Gasteiger partial charge in [0, 0.05) is 0 Å². The Labute approximate surface area is 185 Å². The molecule has 0 aromatic carbocycles. The van der Waals surface area contributed by atoms with Gasteiger partial charge in [0.25, 0.3) is 0 Å². The van der Waals surface area contributed by atoms with Crippen molar-refractivity contribution < 1.29 is 23.9 Å². The molecule has 3 N–H and O–H groups in total. The van der Waals surface area contributed by atoms with Crippen LogP contribution in [0.5, 0.6) is 0 Å². The third-order valence-electron chi connectivity index (χ3n) is 3.92. The van der Waals surface area contributed by atoms with Gasteiger partial charge >= 0.3 is 12.1 Å². The second kappa shape index (κ2) is 12.5. The fourth-order valence-corrected chi connectivity index (χ4v) is 2.82. The Balaban J connectivity index is 5.55. The Morgan fingerprint density at radius 1 is 1.20 bits per heavy atom. The van der Waals surface area contributed by atoms with E-state index in [1.165, 1.54) is 11.0 Å². The lowest BCUT2D eigenvalue weighted by Gasteiger charge is -2.32. The zero-order valence-electron chi connectivity index (χ0n) is 19.2. The number of amides is 2. The number of thiocarbonyl (C=S) groups is 1. The Bertz CT molecular complexity index is 629. The molecule has 0 aromatic rings. The van der Waals surface area contributed by atoms with Crippen molar-refractivity contribution in [2.75, 3.05) is 13.2 Å². The zero-order chi connectivity index (χ0) is 23.6. The van der Waals surface area contributed by atoms with Crippen molar-refractivity contribution in [3.05, 3.63) is 12.7 Å². The minimum atomic E-state index is -0.865. The number of carbonyl (C=O) groups excluding carboxylic acids is 3. The lowest BCUT2D eigenvalue weighted by molar-refractivity contribution is -0.160. The van der Waals surface area contributed by atoms with E-state index >= 15 is 0 Å². The van der Waals surface area contributed by atoms with Crippen molar-refractivity contribution >= 4 is 35.2 Å². The molecule has 0 aliphatic rings. The van der Waals surface area contributed by atoms with Crippen LogP contribution in [0.1, 0.15) is 54.9 Å². The third-order valence-corrected chi connectivity index (χ3v) is 4.19. The van der Waals surface area contributed by atoms with E-state index in [0.29, 0.717) is 6.42 Å². The summed E-state index contributed by atoms with van der Waals surface area (Å²) in [6, 6.07) is -1.53. The Kier molecular flexibility index (Phi) is 11.6. The van der Waals surface area contributed by atoms with Gasteiger partial charge in [0.05, 0.1) is 11.0 Å². The highest BCUT2D eigenvalue weighted by Crippen LogP contribution is 2.15. The molecule has 0 rings (SSSR count). The summed E-state index contributed by atoms with van der Waals surface area (Å²) >= 11 is 5.13. The SMILES string of the molecule is C=CCOC(=O)N(CC(=O)N[C@H](C(=O)OC(C)(C)C)C(C)C)C(CC(C)C)C(N)=S. The largest absolute Gasteiger partial charge is 0.458 e. The highest BCUT2D eigenvalue weighted by molar-refractivity contribution is 7.80. The van der Waals surface area contributed by atoms with Gasteiger partial charge in [-0.15, -0.1) is 0 Å². The summed E-state index contributed by atoms with van der Waals surface area (Å²) in [5.41, 5.74) is 5.16. The van der Waals surface area contributed by atoms with Crippen LogP contribution in [-0.2, 0) is 19.1 Å². The monoisotopic (exact) mass is 443 g/mol. The second-order valence-corrected chi connectivity index (χ2v) is 9.34. The van der Waals surface area contributed by atoms with Crippen LogP contribution < -0.4 is 11.1 Å². The molecule has 0 aliphatic heterocycles. The topological polar surface area (TPSA) is 111 Å². The van der Waals surface area contributed by atoms with E-state index in [1.807, 2.05) is 13.8 Å². The molecule has 9 heteroatoms.